The molecule has 0 spiro atoms. The number of carbonyl (C=O) groups excluding carboxylic acids is 3. The summed E-state index contributed by atoms with van der Waals surface area (Å²) < 4.78 is 13.3. The number of amides is 3. The van der Waals surface area contributed by atoms with Gasteiger partial charge >= 0.3 is 0 Å². The molecule has 140 valence electrons. The summed E-state index contributed by atoms with van der Waals surface area (Å²) >= 11 is 0. The topological polar surface area (TPSA) is 57.7 Å². The fourth-order valence-corrected chi connectivity index (χ4v) is 4.05. The molecule has 3 rings (SSSR count). The van der Waals surface area contributed by atoms with Crippen molar-refractivity contribution in [3.63, 3.8) is 0 Å². The van der Waals surface area contributed by atoms with Crippen molar-refractivity contribution < 1.29 is 18.8 Å². The number of nitrogens with zero attached hydrogens (tertiary/aromatic N) is 2. The van der Waals surface area contributed by atoms with E-state index in [4.69, 9.17) is 0 Å². The summed E-state index contributed by atoms with van der Waals surface area (Å²) in [6.45, 7) is 2.81. The molecule has 1 saturated heterocycles. The number of hydrogen-bond donors (Lipinski definition) is 0. The number of hydrogen-bond acceptors (Lipinski definition) is 3. The van der Waals surface area contributed by atoms with E-state index in [2.05, 4.69) is 0 Å². The molecule has 2 atom stereocenters. The molecule has 2 fully saturated rings. The van der Waals surface area contributed by atoms with E-state index in [0.29, 0.717) is 13.1 Å². The van der Waals surface area contributed by atoms with Crippen LogP contribution in [0.15, 0.2) is 24.3 Å². The second kappa shape index (κ2) is 7.98. The summed E-state index contributed by atoms with van der Waals surface area (Å²) in [6, 6.07) is 6.17. The van der Waals surface area contributed by atoms with E-state index in [-0.39, 0.29) is 48.3 Å². The number of benzene rings is 1. The van der Waals surface area contributed by atoms with Crippen LogP contribution in [-0.4, -0.2) is 40.6 Å². The lowest BCUT2D eigenvalue weighted by atomic mass is 9.81. The van der Waals surface area contributed by atoms with Crippen molar-refractivity contribution >= 4 is 17.7 Å². The highest BCUT2D eigenvalue weighted by Crippen LogP contribution is 2.38. The standard InChI is InChI=1S/C20H25FN2O3/c1-2-22(13-14-6-5-7-15(21)12-14)18(24)10-11-23-19(25)16-8-3-4-9-17(16)20(23)26/h5-7,12,16-17H,2-4,8-11,13H2,1H3. The molecule has 5 nitrogen and oxygen atoms in total. The van der Waals surface area contributed by atoms with Gasteiger partial charge in [0.15, 0.2) is 0 Å². The van der Waals surface area contributed by atoms with Gasteiger partial charge < -0.3 is 4.90 Å². The fraction of sp³-hybridized carbons (Fsp3) is 0.550. The third-order valence-corrected chi connectivity index (χ3v) is 5.48. The van der Waals surface area contributed by atoms with E-state index in [1.165, 1.54) is 17.0 Å². The maximum Gasteiger partial charge on any atom is 0.233 e. The van der Waals surface area contributed by atoms with Gasteiger partial charge in [-0.05, 0) is 37.5 Å². The van der Waals surface area contributed by atoms with E-state index < -0.39 is 0 Å². The van der Waals surface area contributed by atoms with Gasteiger partial charge in [-0.25, -0.2) is 4.39 Å². The maximum absolute atomic E-state index is 13.3. The Labute approximate surface area is 153 Å². The van der Waals surface area contributed by atoms with Gasteiger partial charge in [-0.3, -0.25) is 19.3 Å². The third kappa shape index (κ3) is 3.79. The van der Waals surface area contributed by atoms with E-state index in [1.807, 2.05) is 6.92 Å². The van der Waals surface area contributed by atoms with E-state index in [9.17, 15) is 18.8 Å². The van der Waals surface area contributed by atoms with Crippen LogP contribution in [0, 0.1) is 17.7 Å². The zero-order valence-electron chi connectivity index (χ0n) is 15.1. The van der Waals surface area contributed by atoms with Crippen LogP contribution in [0.25, 0.3) is 0 Å². The van der Waals surface area contributed by atoms with Crippen molar-refractivity contribution in [1.82, 2.24) is 9.80 Å². The van der Waals surface area contributed by atoms with Gasteiger partial charge in [0.1, 0.15) is 5.82 Å². The number of likely N-dealkylation sites (tertiary alicyclic amines) is 1. The summed E-state index contributed by atoms with van der Waals surface area (Å²) in [5.74, 6) is -1.04. The minimum atomic E-state index is -0.332. The van der Waals surface area contributed by atoms with Crippen LogP contribution >= 0.6 is 0 Å². The lowest BCUT2D eigenvalue weighted by Crippen LogP contribution is -2.37. The van der Waals surface area contributed by atoms with Crippen molar-refractivity contribution in [3.8, 4) is 0 Å². The highest BCUT2D eigenvalue weighted by Gasteiger charge is 2.47. The van der Waals surface area contributed by atoms with Crippen LogP contribution < -0.4 is 0 Å². The molecule has 1 aromatic carbocycles. The molecule has 1 heterocycles. The minimum Gasteiger partial charge on any atom is -0.339 e. The number of halogens is 1. The number of imide groups is 1. The number of fused-ring (bicyclic) bond motifs is 1. The van der Waals surface area contributed by atoms with Crippen molar-refractivity contribution in [1.29, 1.82) is 0 Å². The van der Waals surface area contributed by atoms with E-state index in [1.54, 1.807) is 17.0 Å². The van der Waals surface area contributed by atoms with Gasteiger partial charge in [-0.2, -0.15) is 0 Å². The van der Waals surface area contributed by atoms with Crippen LogP contribution in [0.2, 0.25) is 0 Å². The first kappa shape index (κ1) is 18.5. The Balaban J connectivity index is 1.58. The first-order valence-electron chi connectivity index (χ1n) is 9.38. The van der Waals surface area contributed by atoms with Gasteiger partial charge in [0, 0.05) is 26.1 Å². The molecule has 3 amide bonds. The van der Waals surface area contributed by atoms with Gasteiger partial charge in [0.25, 0.3) is 0 Å². The predicted molar refractivity (Wildman–Crippen MR) is 94.3 cm³/mol. The molecule has 0 aromatic heterocycles. The van der Waals surface area contributed by atoms with Gasteiger partial charge in [0.2, 0.25) is 17.7 Å². The molecular formula is C20H25FN2O3. The number of carbonyl (C=O) groups is 3. The predicted octanol–water partition coefficient (Wildman–Crippen LogP) is 2.74. The zero-order valence-corrected chi connectivity index (χ0v) is 15.1. The molecule has 0 N–H and O–H groups in total. The van der Waals surface area contributed by atoms with Crippen molar-refractivity contribution in [2.45, 2.75) is 45.6 Å². The molecule has 1 saturated carbocycles. The van der Waals surface area contributed by atoms with Crippen molar-refractivity contribution in [2.24, 2.45) is 11.8 Å². The normalized spacial score (nSPS) is 22.5. The Morgan fingerprint density at radius 1 is 1.19 bits per heavy atom. The first-order chi connectivity index (χ1) is 12.5. The maximum atomic E-state index is 13.3. The van der Waals surface area contributed by atoms with Crippen LogP contribution in [0.1, 0.15) is 44.6 Å². The Hall–Kier alpha value is -2.24. The zero-order chi connectivity index (χ0) is 18.7. The largest absolute Gasteiger partial charge is 0.339 e. The molecule has 0 radical (unpaired) electrons. The van der Waals surface area contributed by atoms with Crippen LogP contribution in [-0.2, 0) is 20.9 Å². The fourth-order valence-electron chi connectivity index (χ4n) is 4.05. The average molecular weight is 360 g/mol. The molecule has 0 bridgehead atoms. The molecular weight excluding hydrogens is 335 g/mol. The van der Waals surface area contributed by atoms with Crippen molar-refractivity contribution in [2.75, 3.05) is 13.1 Å². The van der Waals surface area contributed by atoms with Gasteiger partial charge in [-0.15, -0.1) is 0 Å². The SMILES string of the molecule is CCN(Cc1cccc(F)c1)C(=O)CCN1C(=O)C2CCCCC2C1=O. The summed E-state index contributed by atoms with van der Waals surface area (Å²) in [6.07, 6.45) is 3.65. The van der Waals surface area contributed by atoms with Crippen LogP contribution in [0.5, 0.6) is 0 Å². The lowest BCUT2D eigenvalue weighted by molar-refractivity contribution is -0.141. The van der Waals surface area contributed by atoms with E-state index >= 15 is 0 Å². The summed E-state index contributed by atoms with van der Waals surface area (Å²) in [5.41, 5.74) is 0.722. The Morgan fingerprint density at radius 2 is 1.85 bits per heavy atom. The molecule has 2 aliphatic rings. The Kier molecular flexibility index (Phi) is 5.69. The average Bonchev–Trinajstić information content (AvgIpc) is 2.89. The molecule has 1 aliphatic heterocycles. The molecule has 1 aromatic rings. The highest BCUT2D eigenvalue weighted by molar-refractivity contribution is 6.05. The van der Waals surface area contributed by atoms with Crippen LogP contribution in [0.4, 0.5) is 4.39 Å². The summed E-state index contributed by atoms with van der Waals surface area (Å²) in [4.78, 5) is 40.4. The molecule has 26 heavy (non-hydrogen) atoms. The first-order valence-corrected chi connectivity index (χ1v) is 9.38. The van der Waals surface area contributed by atoms with Gasteiger partial charge in [0.05, 0.1) is 11.8 Å². The summed E-state index contributed by atoms with van der Waals surface area (Å²) in [7, 11) is 0. The quantitative estimate of drug-likeness (QED) is 0.733. The minimum absolute atomic E-state index is 0.110. The smallest absolute Gasteiger partial charge is 0.233 e. The number of rotatable bonds is 6. The second-order valence-electron chi connectivity index (χ2n) is 7.11. The second-order valence-corrected chi connectivity index (χ2v) is 7.11. The lowest BCUT2D eigenvalue weighted by Gasteiger charge is -2.22. The van der Waals surface area contributed by atoms with Crippen molar-refractivity contribution in [3.05, 3.63) is 35.6 Å². The highest BCUT2D eigenvalue weighted by atomic mass is 19.1. The van der Waals surface area contributed by atoms with Gasteiger partial charge in [-0.1, -0.05) is 25.0 Å². The Morgan fingerprint density at radius 3 is 2.42 bits per heavy atom. The monoisotopic (exact) mass is 360 g/mol. The molecule has 6 heteroatoms. The van der Waals surface area contributed by atoms with Crippen LogP contribution in [0.3, 0.4) is 0 Å². The third-order valence-electron chi connectivity index (χ3n) is 5.48. The summed E-state index contributed by atoms with van der Waals surface area (Å²) in [5, 5.41) is 0. The van der Waals surface area contributed by atoms with E-state index in [0.717, 1.165) is 31.2 Å². The Bertz CT molecular complexity index is 682. The molecule has 2 unspecified atom stereocenters. The molecule has 1 aliphatic carbocycles.